The molecule has 2 amide bonds. The molecule has 0 aliphatic carbocycles. The molecule has 164 valence electrons. The maximum absolute atomic E-state index is 12.7. The second kappa shape index (κ2) is 7.36. The Morgan fingerprint density at radius 1 is 1.23 bits per heavy atom. The summed E-state index contributed by atoms with van der Waals surface area (Å²) in [4.78, 5) is 25.9. The van der Waals surface area contributed by atoms with Crippen LogP contribution in [0.1, 0.15) is 66.5 Å². The average molecular weight is 416 g/mol. The lowest BCUT2D eigenvalue weighted by atomic mass is 9.76. The Bertz CT molecular complexity index is 855. The maximum atomic E-state index is 12.7. The van der Waals surface area contributed by atoms with E-state index in [1.807, 2.05) is 59.9 Å². The summed E-state index contributed by atoms with van der Waals surface area (Å²) >= 11 is 0. The minimum atomic E-state index is -1.21. The highest BCUT2D eigenvalue weighted by atomic mass is 16.7. The van der Waals surface area contributed by atoms with Crippen LogP contribution < -0.4 is 15.1 Å². The van der Waals surface area contributed by atoms with Crippen molar-refractivity contribution >= 4 is 30.3 Å². The van der Waals surface area contributed by atoms with Crippen molar-refractivity contribution in [2.45, 2.75) is 78.2 Å². The van der Waals surface area contributed by atoms with Crippen LogP contribution in [0.2, 0.25) is 0 Å². The van der Waals surface area contributed by atoms with Crippen LogP contribution in [0.3, 0.4) is 0 Å². The zero-order chi connectivity index (χ0) is 22.6. The molecule has 30 heavy (non-hydrogen) atoms. The van der Waals surface area contributed by atoms with Crippen molar-refractivity contribution in [2.75, 3.05) is 13.6 Å². The predicted molar refractivity (Wildman–Crippen MR) is 115 cm³/mol. The zero-order valence-electron chi connectivity index (χ0n) is 19.3. The second-order valence-electron chi connectivity index (χ2n) is 9.65. The molecular formula is C22H33BN2O5. The molecular weight excluding hydrogens is 383 g/mol. The third-order valence-electron chi connectivity index (χ3n) is 7.49. The van der Waals surface area contributed by atoms with Gasteiger partial charge in [-0.05, 0) is 53.1 Å². The summed E-state index contributed by atoms with van der Waals surface area (Å²) in [6.07, 6.45) is -0.682. The van der Waals surface area contributed by atoms with Crippen LogP contribution in [0.5, 0.6) is 0 Å². The molecule has 0 radical (unpaired) electrons. The van der Waals surface area contributed by atoms with E-state index < -0.39 is 30.5 Å². The Balaban J connectivity index is 2.14. The largest absolute Gasteiger partial charge is 0.530 e. The highest BCUT2D eigenvalue weighted by molar-refractivity contribution is 6.62. The molecule has 2 heterocycles. The number of carbonyl (C=O) groups is 2. The Kier molecular flexibility index (Phi) is 5.59. The fourth-order valence-electron chi connectivity index (χ4n) is 4.54. The number of nitrogens with zero attached hydrogens (tertiary/aromatic N) is 2. The Morgan fingerprint density at radius 3 is 2.27 bits per heavy atom. The fraction of sp³-hybridized carbons (Fsp3) is 0.636. The number of quaternary nitrogens is 1. The van der Waals surface area contributed by atoms with Crippen molar-refractivity contribution in [1.82, 2.24) is 9.38 Å². The summed E-state index contributed by atoms with van der Waals surface area (Å²) < 4.78 is 12.5. The Labute approximate surface area is 179 Å². The van der Waals surface area contributed by atoms with E-state index in [-0.39, 0.29) is 16.4 Å². The minimum absolute atomic E-state index is 0.0158. The highest BCUT2D eigenvalue weighted by Crippen LogP contribution is 2.44. The van der Waals surface area contributed by atoms with E-state index in [9.17, 15) is 14.7 Å². The van der Waals surface area contributed by atoms with Gasteiger partial charge in [0.15, 0.2) is 0 Å². The van der Waals surface area contributed by atoms with Crippen molar-refractivity contribution in [3.63, 3.8) is 0 Å². The summed E-state index contributed by atoms with van der Waals surface area (Å²) in [7, 11) is 1.33. The standard InChI is InChI=1S/C22H33BN2O5/c1-9-24(20(27)28)18-12-14(2)25(8,15(3)26)19-11-10-16(13-17(18)19)23-29-21(4,5)22(6,7)30-23/h10-11,13-14,18H,9,12H2,1-8H3/t14-,18+,25?/m0/s1. The molecule has 8 heteroatoms. The van der Waals surface area contributed by atoms with Crippen LogP contribution in [0, 0.1) is 0 Å². The summed E-state index contributed by atoms with van der Waals surface area (Å²) in [5.41, 5.74) is 1.48. The first-order valence-electron chi connectivity index (χ1n) is 10.6. The number of rotatable bonds is 3. The van der Waals surface area contributed by atoms with E-state index in [0.29, 0.717) is 13.0 Å². The number of benzene rings is 1. The molecule has 1 fully saturated rings. The Hall–Kier alpha value is -1.90. The summed E-state index contributed by atoms with van der Waals surface area (Å²) in [6.45, 7) is 13.7. The SMILES string of the molecule is CCN(C(=O)[O-])[C@@H]1C[C@H](C)[N+](C)(C(C)=O)c2ccc(B3OC(C)(C)C(C)(C)O3)cc21. The molecule has 1 saturated heterocycles. The quantitative estimate of drug-likeness (QED) is 0.556. The molecule has 0 bridgehead atoms. The molecule has 1 aromatic carbocycles. The van der Waals surface area contributed by atoms with Gasteiger partial charge in [0.2, 0.25) is 0 Å². The van der Waals surface area contributed by atoms with E-state index in [4.69, 9.17) is 9.31 Å². The molecule has 7 nitrogen and oxygen atoms in total. The highest BCUT2D eigenvalue weighted by Gasteiger charge is 2.53. The lowest BCUT2D eigenvalue weighted by Crippen LogP contribution is -2.60. The first-order chi connectivity index (χ1) is 13.8. The predicted octanol–water partition coefficient (Wildman–Crippen LogP) is 1.97. The van der Waals surface area contributed by atoms with Crippen LogP contribution in [0.15, 0.2) is 18.2 Å². The first-order valence-corrected chi connectivity index (χ1v) is 10.6. The van der Waals surface area contributed by atoms with Gasteiger partial charge in [-0.3, -0.25) is 0 Å². The number of amides is 2. The van der Waals surface area contributed by atoms with Crippen molar-refractivity contribution in [3.05, 3.63) is 23.8 Å². The van der Waals surface area contributed by atoms with Crippen molar-refractivity contribution in [2.24, 2.45) is 0 Å². The molecule has 2 aliphatic rings. The van der Waals surface area contributed by atoms with E-state index in [2.05, 4.69) is 0 Å². The van der Waals surface area contributed by atoms with Gasteiger partial charge in [0.05, 0.1) is 37.3 Å². The molecule has 2 aliphatic heterocycles. The van der Waals surface area contributed by atoms with E-state index in [1.165, 1.54) is 4.90 Å². The normalized spacial score (nSPS) is 29.4. The number of carboxylic acid groups (broad SMARTS) is 1. The maximum Gasteiger partial charge on any atom is 0.494 e. The van der Waals surface area contributed by atoms with Crippen LogP contribution in [0.4, 0.5) is 10.5 Å². The molecule has 0 spiro atoms. The number of carbonyl (C=O) groups excluding carboxylic acids is 2. The van der Waals surface area contributed by atoms with Gasteiger partial charge in [0.25, 0.3) is 0 Å². The summed E-state index contributed by atoms with van der Waals surface area (Å²) in [6, 6.07) is 5.32. The van der Waals surface area contributed by atoms with Crippen LogP contribution >= 0.6 is 0 Å². The summed E-state index contributed by atoms with van der Waals surface area (Å²) in [5.74, 6) is 0.0158. The van der Waals surface area contributed by atoms with Crippen molar-refractivity contribution in [3.8, 4) is 0 Å². The lowest BCUT2D eigenvalue weighted by Gasteiger charge is -2.47. The van der Waals surface area contributed by atoms with E-state index >= 15 is 0 Å². The Morgan fingerprint density at radius 2 is 1.80 bits per heavy atom. The third kappa shape index (κ3) is 3.35. The number of hydrogen-bond donors (Lipinski definition) is 0. The smallest absolute Gasteiger partial charge is 0.494 e. The van der Waals surface area contributed by atoms with Crippen molar-refractivity contribution in [1.29, 1.82) is 0 Å². The van der Waals surface area contributed by atoms with Crippen LogP contribution in [-0.2, 0) is 14.1 Å². The fourth-order valence-corrected chi connectivity index (χ4v) is 4.54. The molecule has 1 aromatic rings. The first kappa shape index (κ1) is 22.8. The lowest BCUT2D eigenvalue weighted by molar-refractivity contribution is -0.268. The van der Waals surface area contributed by atoms with Gasteiger partial charge in [-0.2, -0.15) is 0 Å². The molecule has 0 saturated carbocycles. The monoisotopic (exact) mass is 416 g/mol. The van der Waals surface area contributed by atoms with E-state index in [1.54, 1.807) is 13.8 Å². The molecule has 0 aromatic heterocycles. The average Bonchev–Trinajstić information content (AvgIpc) is 2.86. The molecule has 3 rings (SSSR count). The number of fused-ring (bicyclic) bond motifs is 1. The van der Waals surface area contributed by atoms with Gasteiger partial charge in [-0.15, -0.1) is 0 Å². The van der Waals surface area contributed by atoms with Crippen molar-refractivity contribution < 1.29 is 24.0 Å². The second-order valence-corrected chi connectivity index (χ2v) is 9.65. The van der Waals surface area contributed by atoms with Crippen LogP contribution in [-0.4, -0.2) is 54.9 Å². The van der Waals surface area contributed by atoms with Gasteiger partial charge in [0, 0.05) is 18.5 Å². The molecule has 1 unspecified atom stereocenters. The zero-order valence-corrected chi connectivity index (χ0v) is 19.3. The molecule has 0 N–H and O–H groups in total. The number of hydrogen-bond acceptors (Lipinski definition) is 5. The van der Waals surface area contributed by atoms with Gasteiger partial charge in [-0.1, -0.05) is 12.1 Å². The summed E-state index contributed by atoms with van der Waals surface area (Å²) in [5, 5.41) is 11.8. The van der Waals surface area contributed by atoms with E-state index in [0.717, 1.165) is 16.7 Å². The van der Waals surface area contributed by atoms with Gasteiger partial charge < -0.3 is 24.1 Å². The van der Waals surface area contributed by atoms with Gasteiger partial charge in [-0.25, -0.2) is 9.28 Å². The van der Waals surface area contributed by atoms with Gasteiger partial charge in [0.1, 0.15) is 11.8 Å². The van der Waals surface area contributed by atoms with Crippen LogP contribution in [0.25, 0.3) is 0 Å². The van der Waals surface area contributed by atoms with Gasteiger partial charge >= 0.3 is 13.0 Å². The topological polar surface area (TPSA) is 78.9 Å². The molecule has 3 atom stereocenters. The minimum Gasteiger partial charge on any atom is -0.530 e. The third-order valence-corrected chi connectivity index (χ3v) is 7.49.